The van der Waals surface area contributed by atoms with Gasteiger partial charge in [-0.25, -0.2) is 14.4 Å². The number of fused-ring (bicyclic) bond motifs is 1. The summed E-state index contributed by atoms with van der Waals surface area (Å²) in [5.74, 6) is -0.840. The second-order valence-electron chi connectivity index (χ2n) is 12.3. The highest BCUT2D eigenvalue weighted by atomic mass is 16.5. The van der Waals surface area contributed by atoms with E-state index in [4.69, 9.17) is 14.2 Å². The van der Waals surface area contributed by atoms with E-state index >= 15 is 0 Å². The minimum Gasteiger partial charge on any atom is -0.463 e. The molecule has 0 atom stereocenters. The zero-order chi connectivity index (χ0) is 38.0. The van der Waals surface area contributed by atoms with Gasteiger partial charge in [-0.2, -0.15) is 10.2 Å². The Morgan fingerprint density at radius 3 is 1.50 bits per heavy atom. The van der Waals surface area contributed by atoms with E-state index in [-0.39, 0.29) is 0 Å². The quantitative estimate of drug-likeness (QED) is 0.0274. The summed E-state index contributed by atoms with van der Waals surface area (Å²) in [6, 6.07) is 33.7. The predicted molar refractivity (Wildman–Crippen MR) is 209 cm³/mol. The van der Waals surface area contributed by atoms with Gasteiger partial charge in [0, 0.05) is 22.9 Å². The molecule has 5 aromatic rings. The molecule has 0 amide bonds. The Kier molecular flexibility index (Phi) is 14.7. The molecule has 0 aliphatic heterocycles. The Morgan fingerprint density at radius 1 is 0.519 bits per heavy atom. The number of azo groups is 2. The van der Waals surface area contributed by atoms with E-state index in [1.807, 2.05) is 72.8 Å². The topological polar surface area (TPSA) is 128 Å². The van der Waals surface area contributed by atoms with Crippen LogP contribution in [0.4, 0.5) is 22.7 Å². The lowest BCUT2D eigenvalue weighted by Gasteiger charge is -2.06. The van der Waals surface area contributed by atoms with Crippen molar-refractivity contribution in [3.8, 4) is 5.75 Å². The summed E-state index contributed by atoms with van der Waals surface area (Å²) in [6.07, 6.45) is 8.44. The fourth-order valence-corrected chi connectivity index (χ4v) is 5.45. The van der Waals surface area contributed by atoms with Crippen molar-refractivity contribution >= 4 is 51.4 Å². The number of rotatable bonds is 19. The maximum Gasteiger partial charge on any atom is 0.343 e. The summed E-state index contributed by atoms with van der Waals surface area (Å²) in [5, 5.41) is 19.7. The Balaban J connectivity index is 1.12. The van der Waals surface area contributed by atoms with E-state index in [1.54, 1.807) is 36.4 Å². The monoisotopic (exact) mass is 722 g/mol. The molecule has 0 bridgehead atoms. The van der Waals surface area contributed by atoms with Crippen molar-refractivity contribution in [3.63, 3.8) is 0 Å². The number of hydrogen-bond donors (Lipinski definition) is 0. The first kappa shape index (κ1) is 38.7. The van der Waals surface area contributed by atoms with Gasteiger partial charge < -0.3 is 14.2 Å². The minimum atomic E-state index is -0.446. The molecule has 5 rings (SSSR count). The Bertz CT molecular complexity index is 2110. The molecule has 5 aromatic carbocycles. The fraction of sp³-hybridized carbons (Fsp3) is 0.205. The number of aryl methyl sites for hydroxylation is 2. The van der Waals surface area contributed by atoms with E-state index in [1.165, 1.54) is 11.6 Å². The first-order chi connectivity index (χ1) is 26.4. The van der Waals surface area contributed by atoms with E-state index < -0.39 is 17.9 Å². The molecular weight excluding hydrogens is 681 g/mol. The third-order valence-corrected chi connectivity index (χ3v) is 8.39. The highest BCUT2D eigenvalue weighted by Gasteiger charge is 2.10. The van der Waals surface area contributed by atoms with Gasteiger partial charge in [0.15, 0.2) is 0 Å². The van der Waals surface area contributed by atoms with Crippen LogP contribution in [-0.4, -0.2) is 31.1 Å². The molecule has 274 valence electrons. The molecule has 10 heteroatoms. The standard InChI is InChI=1S/C44H42N4O6/c1-3-42(49)52-30-10-5-6-12-32-16-20-34(21-17-32)44(51)54-37-26-24-36(25-27-37)46-48-41-29-28-40(38-14-7-8-15-39(38)41)47-45-35-22-18-33(19-23-35)13-9-11-31-53-43(50)4-2/h3-4,7-8,14-29H,1-2,5-6,9-13,30-31H2. The zero-order valence-electron chi connectivity index (χ0n) is 30.1. The minimum absolute atomic E-state index is 0.387. The molecule has 0 spiro atoms. The highest BCUT2D eigenvalue weighted by molar-refractivity contribution is 5.99. The predicted octanol–water partition coefficient (Wildman–Crippen LogP) is 11.4. The van der Waals surface area contributed by atoms with Crippen molar-refractivity contribution in [1.29, 1.82) is 0 Å². The number of hydrogen-bond acceptors (Lipinski definition) is 10. The number of esters is 3. The fourth-order valence-electron chi connectivity index (χ4n) is 5.45. The van der Waals surface area contributed by atoms with Crippen LogP contribution in [0.3, 0.4) is 0 Å². The van der Waals surface area contributed by atoms with E-state index in [0.717, 1.165) is 73.0 Å². The van der Waals surface area contributed by atoms with Crippen molar-refractivity contribution in [2.75, 3.05) is 13.2 Å². The molecular formula is C44H42N4O6. The normalized spacial score (nSPS) is 11.1. The lowest BCUT2D eigenvalue weighted by atomic mass is 10.1. The van der Waals surface area contributed by atoms with Gasteiger partial charge in [-0.1, -0.05) is 61.7 Å². The summed E-state index contributed by atoms with van der Waals surface area (Å²) < 4.78 is 15.6. The summed E-state index contributed by atoms with van der Waals surface area (Å²) in [5.41, 5.74) is 5.49. The second-order valence-corrected chi connectivity index (χ2v) is 12.3. The molecule has 0 radical (unpaired) electrons. The van der Waals surface area contributed by atoms with E-state index in [0.29, 0.717) is 41.6 Å². The van der Waals surface area contributed by atoms with Crippen LogP contribution < -0.4 is 4.74 Å². The first-order valence-electron chi connectivity index (χ1n) is 17.9. The van der Waals surface area contributed by atoms with Crippen LogP contribution >= 0.6 is 0 Å². The maximum atomic E-state index is 12.8. The molecule has 0 saturated carbocycles. The molecule has 0 fully saturated rings. The van der Waals surface area contributed by atoms with Crippen LogP contribution in [-0.2, 0) is 31.9 Å². The van der Waals surface area contributed by atoms with Crippen LogP contribution in [0.2, 0.25) is 0 Å². The van der Waals surface area contributed by atoms with Crippen molar-refractivity contribution in [1.82, 2.24) is 0 Å². The van der Waals surface area contributed by atoms with Gasteiger partial charge in [-0.3, -0.25) is 0 Å². The Hall–Kier alpha value is -6.55. The largest absolute Gasteiger partial charge is 0.463 e. The number of carbonyl (C=O) groups excluding carboxylic acids is 3. The van der Waals surface area contributed by atoms with Crippen molar-refractivity contribution < 1.29 is 28.6 Å². The molecule has 0 aromatic heterocycles. The van der Waals surface area contributed by atoms with Gasteiger partial charge in [-0.15, -0.1) is 10.2 Å². The average Bonchev–Trinajstić information content (AvgIpc) is 3.21. The SMILES string of the molecule is C=CC(=O)OCCCCCc1ccc(C(=O)Oc2ccc(N=Nc3ccc(N=Nc4ccc(CCCCOC(=O)C=C)cc4)c4ccccc34)cc2)cc1. The van der Waals surface area contributed by atoms with Crippen LogP contribution in [0, 0.1) is 0 Å². The van der Waals surface area contributed by atoms with Gasteiger partial charge in [-0.05, 0) is 117 Å². The van der Waals surface area contributed by atoms with Gasteiger partial charge in [0.2, 0.25) is 0 Å². The van der Waals surface area contributed by atoms with Gasteiger partial charge >= 0.3 is 17.9 Å². The first-order valence-corrected chi connectivity index (χ1v) is 17.9. The van der Waals surface area contributed by atoms with Gasteiger partial charge in [0.25, 0.3) is 0 Å². The summed E-state index contributed by atoms with van der Waals surface area (Å²) >= 11 is 0. The van der Waals surface area contributed by atoms with Gasteiger partial charge in [0.1, 0.15) is 5.75 Å². The smallest absolute Gasteiger partial charge is 0.343 e. The summed E-state index contributed by atoms with van der Waals surface area (Å²) in [4.78, 5) is 35.0. The summed E-state index contributed by atoms with van der Waals surface area (Å²) in [6.45, 7) is 7.56. The Morgan fingerprint density at radius 2 is 0.981 bits per heavy atom. The number of unbranched alkanes of at least 4 members (excludes halogenated alkanes) is 3. The number of carbonyl (C=O) groups is 3. The third-order valence-electron chi connectivity index (χ3n) is 8.39. The second kappa shape index (κ2) is 20.5. The molecule has 0 saturated heterocycles. The molecule has 0 unspecified atom stereocenters. The Labute approximate surface area is 314 Å². The molecule has 0 N–H and O–H groups in total. The van der Waals surface area contributed by atoms with Crippen LogP contribution in [0.25, 0.3) is 10.8 Å². The maximum absolute atomic E-state index is 12.8. The lowest BCUT2D eigenvalue weighted by molar-refractivity contribution is -0.138. The van der Waals surface area contributed by atoms with Crippen molar-refractivity contribution in [2.45, 2.75) is 44.9 Å². The molecule has 10 nitrogen and oxygen atoms in total. The number of ether oxygens (including phenoxy) is 3. The molecule has 0 aliphatic rings. The zero-order valence-corrected chi connectivity index (χ0v) is 30.1. The van der Waals surface area contributed by atoms with Crippen LogP contribution in [0.5, 0.6) is 5.75 Å². The third kappa shape index (κ3) is 12.0. The van der Waals surface area contributed by atoms with Gasteiger partial charge in [0.05, 0.1) is 41.5 Å². The van der Waals surface area contributed by atoms with Crippen LogP contribution in [0.15, 0.2) is 155 Å². The van der Waals surface area contributed by atoms with E-state index in [2.05, 4.69) is 33.6 Å². The number of nitrogens with zero attached hydrogens (tertiary/aromatic N) is 4. The summed E-state index contributed by atoms with van der Waals surface area (Å²) in [7, 11) is 0. The number of benzene rings is 5. The molecule has 0 aliphatic carbocycles. The molecule has 54 heavy (non-hydrogen) atoms. The van der Waals surface area contributed by atoms with Crippen LogP contribution in [0.1, 0.15) is 53.6 Å². The lowest BCUT2D eigenvalue weighted by Crippen LogP contribution is -2.08. The van der Waals surface area contributed by atoms with Crippen molar-refractivity contribution in [3.05, 3.63) is 151 Å². The average molecular weight is 723 g/mol. The highest BCUT2D eigenvalue weighted by Crippen LogP contribution is 2.35. The van der Waals surface area contributed by atoms with Crippen molar-refractivity contribution in [2.24, 2.45) is 20.5 Å². The molecule has 0 heterocycles. The van der Waals surface area contributed by atoms with E-state index in [9.17, 15) is 14.4 Å².